The van der Waals surface area contributed by atoms with E-state index in [0.29, 0.717) is 39.3 Å². The van der Waals surface area contributed by atoms with Crippen molar-refractivity contribution in [3.63, 3.8) is 0 Å². The molecule has 0 bridgehead atoms. The lowest BCUT2D eigenvalue weighted by atomic mass is 9.97. The highest BCUT2D eigenvalue weighted by molar-refractivity contribution is 5.88. The summed E-state index contributed by atoms with van der Waals surface area (Å²) in [4.78, 5) is 40.2. The Labute approximate surface area is 177 Å². The second kappa shape index (κ2) is 8.89. The molecule has 9 heteroatoms. The van der Waals surface area contributed by atoms with Crippen LogP contribution in [0, 0.1) is 5.92 Å². The standard InChI is InChI=1S/C21H31N5O4/c1-5-18(27)24-8-6-7-15(13-24)19(28)22-11-16-12-23-26-10-9-25(14-17(16)26)20(29)30-21(2,3)4/h5,12,15H,1,6-11,13-14H2,2-4H3,(H,22,28). The summed E-state index contributed by atoms with van der Waals surface area (Å²) in [6.45, 7) is 12.0. The van der Waals surface area contributed by atoms with Crippen molar-refractivity contribution in [3.8, 4) is 0 Å². The fraction of sp³-hybridized carbons (Fsp3) is 0.619. The van der Waals surface area contributed by atoms with Gasteiger partial charge in [-0.25, -0.2) is 4.79 Å². The van der Waals surface area contributed by atoms with Gasteiger partial charge in [0, 0.05) is 31.7 Å². The predicted octanol–water partition coefficient (Wildman–Crippen LogP) is 1.67. The second-order valence-electron chi connectivity index (χ2n) is 8.79. The first-order valence-corrected chi connectivity index (χ1v) is 10.4. The number of carbonyl (C=O) groups excluding carboxylic acids is 3. The van der Waals surface area contributed by atoms with Gasteiger partial charge in [0.2, 0.25) is 11.8 Å². The number of hydrogen-bond acceptors (Lipinski definition) is 5. The number of piperidine rings is 1. The summed E-state index contributed by atoms with van der Waals surface area (Å²) in [5.41, 5.74) is 1.23. The number of ether oxygens (including phenoxy) is 1. The molecule has 1 aromatic rings. The van der Waals surface area contributed by atoms with E-state index in [0.717, 1.165) is 24.1 Å². The average Bonchev–Trinajstić information content (AvgIpc) is 3.12. The fourth-order valence-corrected chi connectivity index (χ4v) is 3.78. The molecule has 0 saturated carbocycles. The van der Waals surface area contributed by atoms with E-state index in [1.165, 1.54) is 6.08 Å². The summed E-state index contributed by atoms with van der Waals surface area (Å²) < 4.78 is 7.34. The second-order valence-corrected chi connectivity index (χ2v) is 8.79. The van der Waals surface area contributed by atoms with Gasteiger partial charge in [-0.05, 0) is 39.7 Å². The maximum absolute atomic E-state index is 12.7. The quantitative estimate of drug-likeness (QED) is 0.752. The van der Waals surface area contributed by atoms with Crippen LogP contribution in [0.5, 0.6) is 0 Å². The smallest absolute Gasteiger partial charge is 0.410 e. The van der Waals surface area contributed by atoms with Crippen LogP contribution >= 0.6 is 0 Å². The third-order valence-electron chi connectivity index (χ3n) is 5.34. The van der Waals surface area contributed by atoms with Gasteiger partial charge in [-0.15, -0.1) is 0 Å². The number of aromatic nitrogens is 2. The molecule has 0 aromatic carbocycles. The predicted molar refractivity (Wildman–Crippen MR) is 110 cm³/mol. The molecular formula is C21H31N5O4. The molecule has 3 amide bonds. The van der Waals surface area contributed by atoms with Gasteiger partial charge < -0.3 is 19.9 Å². The fourth-order valence-electron chi connectivity index (χ4n) is 3.78. The van der Waals surface area contributed by atoms with E-state index in [1.54, 1.807) is 16.0 Å². The monoisotopic (exact) mass is 417 g/mol. The van der Waals surface area contributed by atoms with Crippen LogP contribution < -0.4 is 5.32 Å². The zero-order valence-electron chi connectivity index (χ0n) is 18.0. The molecule has 0 aliphatic carbocycles. The van der Waals surface area contributed by atoms with Crippen molar-refractivity contribution < 1.29 is 19.1 Å². The van der Waals surface area contributed by atoms with Gasteiger partial charge in [-0.2, -0.15) is 5.10 Å². The highest BCUT2D eigenvalue weighted by Crippen LogP contribution is 2.20. The Morgan fingerprint density at radius 3 is 2.73 bits per heavy atom. The van der Waals surface area contributed by atoms with Gasteiger partial charge in [0.1, 0.15) is 5.60 Å². The largest absolute Gasteiger partial charge is 0.444 e. The highest BCUT2D eigenvalue weighted by atomic mass is 16.6. The van der Waals surface area contributed by atoms with Crippen LogP contribution in [0.4, 0.5) is 4.79 Å². The zero-order valence-corrected chi connectivity index (χ0v) is 18.0. The molecule has 1 fully saturated rings. The van der Waals surface area contributed by atoms with Gasteiger partial charge in [0.15, 0.2) is 0 Å². The molecule has 2 aliphatic rings. The van der Waals surface area contributed by atoms with E-state index in [-0.39, 0.29) is 23.8 Å². The maximum atomic E-state index is 12.7. The maximum Gasteiger partial charge on any atom is 0.410 e. The third kappa shape index (κ3) is 5.20. The van der Waals surface area contributed by atoms with Crippen LogP contribution in [0.15, 0.2) is 18.9 Å². The number of nitrogens with one attached hydrogen (secondary N) is 1. The first-order chi connectivity index (χ1) is 14.2. The third-order valence-corrected chi connectivity index (χ3v) is 5.34. The molecule has 2 aliphatic heterocycles. The van der Waals surface area contributed by atoms with Gasteiger partial charge in [-0.3, -0.25) is 14.3 Å². The molecule has 1 N–H and O–H groups in total. The highest BCUT2D eigenvalue weighted by Gasteiger charge is 2.29. The Morgan fingerprint density at radius 2 is 2.03 bits per heavy atom. The number of fused-ring (bicyclic) bond motifs is 1. The molecule has 1 unspecified atom stereocenters. The van der Waals surface area contributed by atoms with Crippen LogP contribution in [-0.2, 0) is 34.0 Å². The van der Waals surface area contributed by atoms with E-state index >= 15 is 0 Å². The van der Waals surface area contributed by atoms with Crippen molar-refractivity contribution in [2.24, 2.45) is 5.92 Å². The Kier molecular flexibility index (Phi) is 6.48. The lowest BCUT2D eigenvalue weighted by molar-refractivity contribution is -0.132. The number of rotatable bonds is 4. The van der Waals surface area contributed by atoms with E-state index in [4.69, 9.17) is 4.74 Å². The van der Waals surface area contributed by atoms with E-state index < -0.39 is 5.60 Å². The molecule has 9 nitrogen and oxygen atoms in total. The Bertz CT molecular complexity index is 826. The summed E-state index contributed by atoms with van der Waals surface area (Å²) in [5.74, 6) is -0.441. The van der Waals surface area contributed by atoms with Crippen molar-refractivity contribution in [3.05, 3.63) is 30.1 Å². The Hall–Kier alpha value is -2.84. The molecule has 30 heavy (non-hydrogen) atoms. The molecule has 1 saturated heterocycles. The van der Waals surface area contributed by atoms with Crippen LogP contribution in [-0.4, -0.2) is 62.7 Å². The van der Waals surface area contributed by atoms with Crippen LogP contribution in [0.2, 0.25) is 0 Å². The molecule has 164 valence electrons. The van der Waals surface area contributed by atoms with E-state index in [9.17, 15) is 14.4 Å². The SMILES string of the molecule is C=CC(=O)N1CCCC(C(=O)NCc2cnn3c2CN(C(=O)OC(C)(C)C)CC3)C1. The van der Waals surface area contributed by atoms with Crippen LogP contribution in [0.25, 0.3) is 0 Å². The summed E-state index contributed by atoms with van der Waals surface area (Å²) >= 11 is 0. The van der Waals surface area contributed by atoms with Crippen LogP contribution in [0.1, 0.15) is 44.9 Å². The summed E-state index contributed by atoms with van der Waals surface area (Å²) in [6.07, 6.45) is 4.23. The molecule has 3 rings (SSSR count). The minimum Gasteiger partial charge on any atom is -0.444 e. The number of likely N-dealkylation sites (tertiary alicyclic amines) is 1. The van der Waals surface area contributed by atoms with Gasteiger partial charge >= 0.3 is 6.09 Å². The van der Waals surface area contributed by atoms with E-state index in [2.05, 4.69) is 17.0 Å². The zero-order chi connectivity index (χ0) is 21.9. The molecular weight excluding hydrogens is 386 g/mol. The normalized spacial score (nSPS) is 19.1. The number of carbonyl (C=O) groups is 3. The lowest BCUT2D eigenvalue weighted by Gasteiger charge is -2.31. The first-order valence-electron chi connectivity index (χ1n) is 10.4. The van der Waals surface area contributed by atoms with Crippen molar-refractivity contribution in [2.45, 2.75) is 58.8 Å². The molecule has 1 aromatic heterocycles. The van der Waals surface area contributed by atoms with Gasteiger partial charge in [-0.1, -0.05) is 6.58 Å². The minimum absolute atomic E-state index is 0.0729. The molecule has 0 radical (unpaired) electrons. The van der Waals surface area contributed by atoms with Crippen molar-refractivity contribution in [1.82, 2.24) is 24.9 Å². The van der Waals surface area contributed by atoms with E-state index in [1.807, 2.05) is 25.5 Å². The topological polar surface area (TPSA) is 96.8 Å². The number of hydrogen-bond donors (Lipinski definition) is 1. The first kappa shape index (κ1) is 21.9. The number of nitrogens with zero attached hydrogens (tertiary/aromatic N) is 4. The van der Waals surface area contributed by atoms with Crippen molar-refractivity contribution in [2.75, 3.05) is 19.6 Å². The molecule has 3 heterocycles. The van der Waals surface area contributed by atoms with Crippen LogP contribution in [0.3, 0.4) is 0 Å². The number of amides is 3. The van der Waals surface area contributed by atoms with Crippen molar-refractivity contribution >= 4 is 17.9 Å². The lowest BCUT2D eigenvalue weighted by Crippen LogP contribution is -2.45. The van der Waals surface area contributed by atoms with Crippen molar-refractivity contribution in [1.29, 1.82) is 0 Å². The average molecular weight is 418 g/mol. The minimum atomic E-state index is -0.549. The molecule has 1 atom stereocenters. The summed E-state index contributed by atoms with van der Waals surface area (Å²) in [7, 11) is 0. The van der Waals surface area contributed by atoms with Gasteiger partial charge in [0.05, 0.1) is 30.9 Å². The summed E-state index contributed by atoms with van der Waals surface area (Å²) in [5, 5.41) is 7.36. The summed E-state index contributed by atoms with van der Waals surface area (Å²) in [6, 6.07) is 0. The Balaban J connectivity index is 1.58. The Morgan fingerprint density at radius 1 is 1.27 bits per heavy atom. The molecule has 0 spiro atoms. The van der Waals surface area contributed by atoms with Gasteiger partial charge in [0.25, 0.3) is 0 Å².